The molecule has 1 aromatic carbocycles. The maximum Gasteiger partial charge on any atom is 0.247 e. The minimum Gasteiger partial charge on any atom is -0.343 e. The predicted molar refractivity (Wildman–Crippen MR) is 78.4 cm³/mol. The quantitative estimate of drug-likeness (QED) is 0.868. The Morgan fingerprint density at radius 2 is 2.16 bits per heavy atom. The van der Waals surface area contributed by atoms with Crippen molar-refractivity contribution in [3.63, 3.8) is 0 Å². The highest BCUT2D eigenvalue weighted by Gasteiger charge is 2.23. The molecular formula is C14H18N2O2S. The zero-order valence-electron chi connectivity index (χ0n) is 11.2. The van der Waals surface area contributed by atoms with Crippen LogP contribution in [0.4, 0.5) is 5.69 Å². The molecule has 102 valence electrons. The summed E-state index contributed by atoms with van der Waals surface area (Å²) in [4.78, 5) is 23.6. The summed E-state index contributed by atoms with van der Waals surface area (Å²) in [6, 6.07) is 5.36. The lowest BCUT2D eigenvalue weighted by Gasteiger charge is -2.15. The van der Waals surface area contributed by atoms with Crippen molar-refractivity contribution in [3.8, 4) is 0 Å². The molecule has 19 heavy (non-hydrogen) atoms. The summed E-state index contributed by atoms with van der Waals surface area (Å²) in [5.74, 6) is 1.21. The Labute approximate surface area is 117 Å². The Balaban J connectivity index is 2.03. The first-order valence-corrected chi connectivity index (χ1v) is 7.47. The molecule has 1 saturated heterocycles. The smallest absolute Gasteiger partial charge is 0.247 e. The van der Waals surface area contributed by atoms with E-state index >= 15 is 0 Å². The largest absolute Gasteiger partial charge is 0.343 e. The van der Waals surface area contributed by atoms with Crippen molar-refractivity contribution in [2.75, 3.05) is 16.8 Å². The highest BCUT2D eigenvalue weighted by Crippen LogP contribution is 2.16. The summed E-state index contributed by atoms with van der Waals surface area (Å²) in [5, 5.41) is 5.61. The second-order valence-corrected chi connectivity index (χ2v) is 5.88. The standard InChI is InChI=1S/C14H18N2O2S/c1-9-3-4-11(7-10(9)2)15-14(18)12-8-19-6-5-13(17)16-12/h3-4,7,12H,5-6,8H2,1-2H3,(H,15,18)(H,16,17)/t12-/m0/s1. The molecule has 5 heteroatoms. The van der Waals surface area contributed by atoms with E-state index in [0.29, 0.717) is 12.2 Å². The Hall–Kier alpha value is -1.49. The monoisotopic (exact) mass is 278 g/mol. The van der Waals surface area contributed by atoms with Gasteiger partial charge in [0.2, 0.25) is 11.8 Å². The molecule has 1 fully saturated rings. The molecule has 1 aliphatic rings. The third-order valence-corrected chi connectivity index (χ3v) is 4.25. The van der Waals surface area contributed by atoms with Gasteiger partial charge in [0.15, 0.2) is 0 Å². The Kier molecular flexibility index (Phi) is 4.47. The molecule has 1 aliphatic heterocycles. The normalized spacial score (nSPS) is 19.5. The highest BCUT2D eigenvalue weighted by molar-refractivity contribution is 7.99. The van der Waals surface area contributed by atoms with E-state index in [1.807, 2.05) is 32.0 Å². The zero-order valence-corrected chi connectivity index (χ0v) is 12.0. The molecule has 0 saturated carbocycles. The predicted octanol–water partition coefficient (Wildman–Crippen LogP) is 1.86. The molecule has 0 spiro atoms. The van der Waals surface area contributed by atoms with Gasteiger partial charge in [0.1, 0.15) is 6.04 Å². The molecule has 1 heterocycles. The maximum absolute atomic E-state index is 12.1. The number of aryl methyl sites for hydroxylation is 2. The van der Waals surface area contributed by atoms with Crippen LogP contribution in [0.25, 0.3) is 0 Å². The SMILES string of the molecule is Cc1ccc(NC(=O)[C@@H]2CSCCC(=O)N2)cc1C. The highest BCUT2D eigenvalue weighted by atomic mass is 32.2. The Morgan fingerprint density at radius 3 is 2.89 bits per heavy atom. The van der Waals surface area contributed by atoms with Crippen molar-refractivity contribution in [1.29, 1.82) is 0 Å². The van der Waals surface area contributed by atoms with Gasteiger partial charge in [0, 0.05) is 23.6 Å². The number of rotatable bonds is 2. The van der Waals surface area contributed by atoms with Crippen molar-refractivity contribution in [1.82, 2.24) is 5.32 Å². The summed E-state index contributed by atoms with van der Waals surface area (Å²) in [6.45, 7) is 4.04. The minimum absolute atomic E-state index is 0.0507. The van der Waals surface area contributed by atoms with Crippen LogP contribution in [0.5, 0.6) is 0 Å². The van der Waals surface area contributed by atoms with Crippen LogP contribution in [0, 0.1) is 13.8 Å². The first kappa shape index (κ1) is 13.9. The molecule has 0 bridgehead atoms. The van der Waals surface area contributed by atoms with E-state index in [2.05, 4.69) is 10.6 Å². The van der Waals surface area contributed by atoms with Crippen molar-refractivity contribution < 1.29 is 9.59 Å². The molecule has 2 rings (SSSR count). The van der Waals surface area contributed by atoms with Gasteiger partial charge < -0.3 is 10.6 Å². The second-order valence-electron chi connectivity index (χ2n) is 4.73. The van der Waals surface area contributed by atoms with E-state index in [4.69, 9.17) is 0 Å². The van der Waals surface area contributed by atoms with Crippen molar-refractivity contribution >= 4 is 29.3 Å². The topological polar surface area (TPSA) is 58.2 Å². The van der Waals surface area contributed by atoms with Crippen LogP contribution < -0.4 is 10.6 Å². The summed E-state index contributed by atoms with van der Waals surface area (Å²) in [7, 11) is 0. The average molecular weight is 278 g/mol. The van der Waals surface area contributed by atoms with E-state index in [0.717, 1.165) is 17.0 Å². The molecule has 2 N–H and O–H groups in total. The third kappa shape index (κ3) is 3.73. The van der Waals surface area contributed by atoms with Crippen LogP contribution in [0.15, 0.2) is 18.2 Å². The number of amides is 2. The van der Waals surface area contributed by atoms with Crippen molar-refractivity contribution in [3.05, 3.63) is 29.3 Å². The molecule has 1 aromatic rings. The molecule has 4 nitrogen and oxygen atoms in total. The fourth-order valence-corrected chi connectivity index (χ4v) is 2.83. The first-order chi connectivity index (χ1) is 9.06. The fourth-order valence-electron chi connectivity index (χ4n) is 1.86. The fraction of sp³-hybridized carbons (Fsp3) is 0.429. The van der Waals surface area contributed by atoms with Gasteiger partial charge in [-0.3, -0.25) is 9.59 Å². The molecular weight excluding hydrogens is 260 g/mol. The Morgan fingerprint density at radius 1 is 1.37 bits per heavy atom. The molecule has 1 atom stereocenters. The van der Waals surface area contributed by atoms with Gasteiger partial charge in [-0.2, -0.15) is 11.8 Å². The van der Waals surface area contributed by atoms with Crippen LogP contribution in [-0.4, -0.2) is 29.4 Å². The molecule has 0 radical (unpaired) electrons. The summed E-state index contributed by atoms with van der Waals surface area (Å²) in [5.41, 5.74) is 3.10. The summed E-state index contributed by atoms with van der Waals surface area (Å²) >= 11 is 1.63. The van der Waals surface area contributed by atoms with Gasteiger partial charge >= 0.3 is 0 Å². The van der Waals surface area contributed by atoms with E-state index in [-0.39, 0.29) is 11.8 Å². The maximum atomic E-state index is 12.1. The van der Waals surface area contributed by atoms with Gasteiger partial charge in [-0.05, 0) is 37.1 Å². The van der Waals surface area contributed by atoms with Crippen LogP contribution in [-0.2, 0) is 9.59 Å². The number of nitrogens with one attached hydrogen (secondary N) is 2. The molecule has 0 unspecified atom stereocenters. The molecule has 2 amide bonds. The average Bonchev–Trinajstić information content (AvgIpc) is 2.58. The van der Waals surface area contributed by atoms with E-state index < -0.39 is 6.04 Å². The third-order valence-electron chi connectivity index (χ3n) is 3.18. The summed E-state index contributed by atoms with van der Waals surface area (Å²) < 4.78 is 0. The van der Waals surface area contributed by atoms with Crippen molar-refractivity contribution in [2.45, 2.75) is 26.3 Å². The van der Waals surface area contributed by atoms with E-state index in [9.17, 15) is 9.59 Å². The van der Waals surface area contributed by atoms with Crippen LogP contribution in [0.3, 0.4) is 0 Å². The van der Waals surface area contributed by atoms with Crippen LogP contribution in [0.2, 0.25) is 0 Å². The lowest BCUT2D eigenvalue weighted by Crippen LogP contribution is -2.44. The van der Waals surface area contributed by atoms with Gasteiger partial charge in [-0.15, -0.1) is 0 Å². The lowest BCUT2D eigenvalue weighted by atomic mass is 10.1. The summed E-state index contributed by atoms with van der Waals surface area (Å²) in [6.07, 6.45) is 0.484. The number of carbonyl (C=O) groups is 2. The van der Waals surface area contributed by atoms with Gasteiger partial charge in [0.05, 0.1) is 0 Å². The minimum atomic E-state index is -0.443. The Bertz CT molecular complexity index is 502. The number of thioether (sulfide) groups is 1. The molecule has 0 aromatic heterocycles. The molecule has 0 aliphatic carbocycles. The number of hydrogen-bond acceptors (Lipinski definition) is 3. The van der Waals surface area contributed by atoms with Gasteiger partial charge in [-0.25, -0.2) is 0 Å². The number of anilines is 1. The van der Waals surface area contributed by atoms with Crippen LogP contribution in [0.1, 0.15) is 17.5 Å². The lowest BCUT2D eigenvalue weighted by molar-refractivity contribution is -0.125. The number of carbonyl (C=O) groups excluding carboxylic acids is 2. The zero-order chi connectivity index (χ0) is 13.8. The first-order valence-electron chi connectivity index (χ1n) is 6.31. The van der Waals surface area contributed by atoms with Crippen LogP contribution >= 0.6 is 11.8 Å². The van der Waals surface area contributed by atoms with Gasteiger partial charge in [0.25, 0.3) is 0 Å². The number of hydrogen-bond donors (Lipinski definition) is 2. The van der Waals surface area contributed by atoms with Crippen molar-refractivity contribution in [2.24, 2.45) is 0 Å². The second kappa shape index (κ2) is 6.10. The number of benzene rings is 1. The van der Waals surface area contributed by atoms with Gasteiger partial charge in [-0.1, -0.05) is 6.07 Å². The van der Waals surface area contributed by atoms with E-state index in [1.54, 1.807) is 11.8 Å². The van der Waals surface area contributed by atoms with E-state index in [1.165, 1.54) is 5.56 Å².